The number of carbonyl (C=O) groups excluding carboxylic acids is 1. The predicted octanol–water partition coefficient (Wildman–Crippen LogP) is 3.75. The minimum atomic E-state index is -0.707. The Labute approximate surface area is 142 Å². The van der Waals surface area contributed by atoms with Gasteiger partial charge in [0.05, 0.1) is 5.69 Å². The van der Waals surface area contributed by atoms with Crippen LogP contribution < -0.4 is 10.6 Å². The molecule has 0 bridgehead atoms. The van der Waals surface area contributed by atoms with Gasteiger partial charge >= 0.3 is 0 Å². The largest absolute Gasteiger partial charge is 0.358 e. The van der Waals surface area contributed by atoms with E-state index in [2.05, 4.69) is 10.6 Å². The van der Waals surface area contributed by atoms with Crippen molar-refractivity contribution in [3.05, 3.63) is 76.5 Å². The third-order valence-electron chi connectivity index (χ3n) is 3.06. The first-order valence-electron chi connectivity index (χ1n) is 6.84. The summed E-state index contributed by atoms with van der Waals surface area (Å²) >= 11 is 5.97. The Morgan fingerprint density at radius 2 is 2.00 bits per heavy atom. The van der Waals surface area contributed by atoms with E-state index in [1.807, 2.05) is 0 Å². The monoisotopic (exact) mass is 347 g/mol. The van der Waals surface area contributed by atoms with E-state index < -0.39 is 17.5 Å². The summed E-state index contributed by atoms with van der Waals surface area (Å²) in [5.41, 5.74) is 0.223. The molecule has 1 amide bonds. The van der Waals surface area contributed by atoms with Gasteiger partial charge in [-0.15, -0.1) is 0 Å². The fraction of sp³-hybridized carbons (Fsp3) is 0.0588. The van der Waals surface area contributed by atoms with Crippen LogP contribution in [-0.4, -0.2) is 5.91 Å². The lowest BCUT2D eigenvalue weighted by Crippen LogP contribution is -2.24. The van der Waals surface area contributed by atoms with Gasteiger partial charge in [-0.05, 0) is 23.8 Å². The molecule has 0 aliphatic carbocycles. The molecule has 0 heterocycles. The molecule has 2 aromatic rings. The molecule has 122 valence electrons. The van der Waals surface area contributed by atoms with Gasteiger partial charge in [0.15, 0.2) is 0 Å². The van der Waals surface area contributed by atoms with Crippen LogP contribution >= 0.6 is 11.6 Å². The summed E-state index contributed by atoms with van der Waals surface area (Å²) in [5, 5.41) is 14.5. The minimum Gasteiger partial charge on any atom is -0.358 e. The SMILES string of the molecule is N#C/C(=C/Nc1cc(F)ccc1F)C(=O)NCc1ccccc1Cl. The van der Waals surface area contributed by atoms with Crippen molar-refractivity contribution in [3.8, 4) is 6.07 Å². The van der Waals surface area contributed by atoms with Crippen molar-refractivity contribution < 1.29 is 13.6 Å². The molecule has 24 heavy (non-hydrogen) atoms. The van der Waals surface area contributed by atoms with Crippen molar-refractivity contribution in [2.75, 3.05) is 5.32 Å². The molecule has 4 nitrogen and oxygen atoms in total. The van der Waals surface area contributed by atoms with Gasteiger partial charge in [-0.25, -0.2) is 8.78 Å². The van der Waals surface area contributed by atoms with E-state index in [0.717, 1.165) is 24.4 Å². The highest BCUT2D eigenvalue weighted by atomic mass is 35.5. The summed E-state index contributed by atoms with van der Waals surface area (Å²) in [5.74, 6) is -2.02. The van der Waals surface area contributed by atoms with Crippen LogP contribution in [0.5, 0.6) is 0 Å². The maximum absolute atomic E-state index is 13.5. The highest BCUT2D eigenvalue weighted by molar-refractivity contribution is 6.31. The minimum absolute atomic E-state index is 0.131. The van der Waals surface area contributed by atoms with Crippen LogP contribution in [0.1, 0.15) is 5.56 Å². The molecule has 0 atom stereocenters. The molecule has 0 saturated carbocycles. The Balaban J connectivity index is 2.05. The Morgan fingerprint density at radius 1 is 1.25 bits per heavy atom. The summed E-state index contributed by atoms with van der Waals surface area (Å²) in [6.07, 6.45) is 1.01. The van der Waals surface area contributed by atoms with Gasteiger partial charge in [-0.3, -0.25) is 4.79 Å². The molecule has 7 heteroatoms. The van der Waals surface area contributed by atoms with Crippen molar-refractivity contribution in [1.29, 1.82) is 5.26 Å². The molecule has 2 rings (SSSR count). The highest BCUT2D eigenvalue weighted by Crippen LogP contribution is 2.16. The zero-order valence-electron chi connectivity index (χ0n) is 12.3. The summed E-state index contributed by atoms with van der Waals surface area (Å²) in [4.78, 5) is 12.0. The summed E-state index contributed by atoms with van der Waals surface area (Å²) in [7, 11) is 0. The van der Waals surface area contributed by atoms with Crippen LogP contribution in [0.15, 0.2) is 54.2 Å². The number of rotatable bonds is 5. The molecular weight excluding hydrogens is 336 g/mol. The maximum Gasteiger partial charge on any atom is 0.263 e. The van der Waals surface area contributed by atoms with Gasteiger partial charge in [-0.1, -0.05) is 29.8 Å². The van der Waals surface area contributed by atoms with Gasteiger partial charge in [0.1, 0.15) is 23.3 Å². The van der Waals surface area contributed by atoms with Crippen molar-refractivity contribution in [2.45, 2.75) is 6.54 Å². The lowest BCUT2D eigenvalue weighted by atomic mass is 10.2. The van der Waals surface area contributed by atoms with Crippen molar-refractivity contribution in [3.63, 3.8) is 0 Å². The average molecular weight is 348 g/mol. The van der Waals surface area contributed by atoms with Crippen LogP contribution in [0.4, 0.5) is 14.5 Å². The van der Waals surface area contributed by atoms with Crippen LogP contribution in [0.3, 0.4) is 0 Å². The fourth-order valence-electron chi connectivity index (χ4n) is 1.82. The predicted molar refractivity (Wildman–Crippen MR) is 87.0 cm³/mol. The van der Waals surface area contributed by atoms with E-state index in [1.165, 1.54) is 0 Å². The fourth-order valence-corrected chi connectivity index (χ4v) is 2.02. The third-order valence-corrected chi connectivity index (χ3v) is 3.43. The van der Waals surface area contributed by atoms with E-state index in [4.69, 9.17) is 16.9 Å². The number of nitriles is 1. The zero-order valence-corrected chi connectivity index (χ0v) is 13.1. The van der Waals surface area contributed by atoms with E-state index >= 15 is 0 Å². The molecule has 0 radical (unpaired) electrons. The number of carbonyl (C=O) groups is 1. The number of nitrogens with one attached hydrogen (secondary N) is 2. The highest BCUT2D eigenvalue weighted by Gasteiger charge is 2.10. The summed E-state index contributed by atoms with van der Waals surface area (Å²) < 4.78 is 26.6. The Kier molecular flexibility index (Phi) is 5.88. The number of benzene rings is 2. The summed E-state index contributed by atoms with van der Waals surface area (Å²) in [6, 6.07) is 11.5. The van der Waals surface area contributed by atoms with E-state index in [-0.39, 0.29) is 17.8 Å². The molecule has 0 fully saturated rings. The quantitative estimate of drug-likeness (QED) is 0.639. The molecule has 0 aliphatic heterocycles. The number of amides is 1. The van der Waals surface area contributed by atoms with Crippen LogP contribution in [0, 0.1) is 23.0 Å². The van der Waals surface area contributed by atoms with Gasteiger partial charge in [0.25, 0.3) is 5.91 Å². The topological polar surface area (TPSA) is 64.9 Å². The smallest absolute Gasteiger partial charge is 0.263 e. The molecule has 0 aromatic heterocycles. The first-order chi connectivity index (χ1) is 11.5. The molecule has 0 unspecified atom stereocenters. The lowest BCUT2D eigenvalue weighted by molar-refractivity contribution is -0.117. The van der Waals surface area contributed by atoms with Crippen molar-refractivity contribution in [2.24, 2.45) is 0 Å². The Morgan fingerprint density at radius 3 is 2.71 bits per heavy atom. The second-order valence-electron chi connectivity index (χ2n) is 4.71. The molecule has 0 spiro atoms. The normalized spacial score (nSPS) is 10.8. The molecule has 0 saturated heterocycles. The third kappa shape index (κ3) is 4.54. The maximum atomic E-state index is 13.5. The Bertz CT molecular complexity index is 831. The van der Waals surface area contributed by atoms with Gasteiger partial charge in [0.2, 0.25) is 0 Å². The van der Waals surface area contributed by atoms with Gasteiger partial charge in [-0.2, -0.15) is 5.26 Å². The molecule has 2 N–H and O–H groups in total. The Hall–Kier alpha value is -2.91. The van der Waals surface area contributed by atoms with E-state index in [1.54, 1.807) is 30.3 Å². The van der Waals surface area contributed by atoms with Crippen LogP contribution in [-0.2, 0) is 11.3 Å². The molecule has 2 aromatic carbocycles. The van der Waals surface area contributed by atoms with E-state index in [9.17, 15) is 13.6 Å². The van der Waals surface area contributed by atoms with Gasteiger partial charge in [0, 0.05) is 23.8 Å². The number of hydrogen-bond donors (Lipinski definition) is 2. The van der Waals surface area contributed by atoms with Crippen molar-refractivity contribution >= 4 is 23.2 Å². The first-order valence-corrected chi connectivity index (χ1v) is 7.22. The zero-order chi connectivity index (χ0) is 17.5. The second-order valence-corrected chi connectivity index (χ2v) is 5.12. The van der Waals surface area contributed by atoms with Crippen LogP contribution in [0.25, 0.3) is 0 Å². The standard InChI is InChI=1S/C17H12ClF2N3O/c18-14-4-2-1-3-11(14)9-23-17(24)12(8-21)10-22-16-7-13(19)5-6-15(16)20/h1-7,10,22H,9H2,(H,23,24)/b12-10-. The molecular formula is C17H12ClF2N3O. The average Bonchev–Trinajstić information content (AvgIpc) is 2.57. The van der Waals surface area contributed by atoms with E-state index in [0.29, 0.717) is 10.6 Å². The first kappa shape index (κ1) is 17.4. The van der Waals surface area contributed by atoms with Crippen LogP contribution in [0.2, 0.25) is 5.02 Å². The number of hydrogen-bond acceptors (Lipinski definition) is 3. The number of nitrogens with zero attached hydrogens (tertiary/aromatic N) is 1. The summed E-state index contributed by atoms with van der Waals surface area (Å²) in [6.45, 7) is 0.131. The second kappa shape index (κ2) is 8.09. The van der Waals surface area contributed by atoms with Gasteiger partial charge < -0.3 is 10.6 Å². The number of anilines is 1. The number of halogens is 3. The lowest BCUT2D eigenvalue weighted by Gasteiger charge is -2.07. The molecule has 0 aliphatic rings. The van der Waals surface area contributed by atoms with Crippen molar-refractivity contribution in [1.82, 2.24) is 5.32 Å².